The van der Waals surface area contributed by atoms with Gasteiger partial charge in [0.2, 0.25) is 23.6 Å². The van der Waals surface area contributed by atoms with Crippen molar-refractivity contribution in [1.82, 2.24) is 40.7 Å². The molecular weight excluding hydrogens is 636 g/mol. The van der Waals surface area contributed by atoms with Gasteiger partial charge < -0.3 is 35.7 Å². The van der Waals surface area contributed by atoms with Crippen molar-refractivity contribution in [2.75, 3.05) is 26.2 Å². The quantitative estimate of drug-likeness (QED) is 0.222. The van der Waals surface area contributed by atoms with Gasteiger partial charge in [0.25, 0.3) is 5.91 Å². The third-order valence-electron chi connectivity index (χ3n) is 9.84. The first-order valence-electron chi connectivity index (χ1n) is 17.7. The van der Waals surface area contributed by atoms with Crippen LogP contribution in [0.4, 0.5) is 0 Å². The average molecular weight is 683 g/mol. The Hall–Kier alpha value is -5.20. The molecule has 5 amide bonds. The van der Waals surface area contributed by atoms with Gasteiger partial charge in [0.05, 0.1) is 17.6 Å². The minimum absolute atomic E-state index is 0.0887. The van der Waals surface area contributed by atoms with Gasteiger partial charge in [-0.1, -0.05) is 31.5 Å². The zero-order valence-electron chi connectivity index (χ0n) is 28.7. The molecule has 0 spiro atoms. The summed E-state index contributed by atoms with van der Waals surface area (Å²) in [5, 5.41) is 12.6. The number of imidazole rings is 1. The van der Waals surface area contributed by atoms with Crippen LogP contribution in [0.3, 0.4) is 0 Å². The van der Waals surface area contributed by atoms with Crippen LogP contribution in [-0.4, -0.2) is 87.2 Å². The number of H-pyrrole nitrogens is 1. The zero-order valence-corrected chi connectivity index (χ0v) is 28.7. The molecule has 2 aliphatic rings. The minimum Gasteiger partial charge on any atom is -0.361 e. The van der Waals surface area contributed by atoms with E-state index >= 15 is 0 Å². The predicted molar refractivity (Wildman–Crippen MR) is 189 cm³/mol. The summed E-state index contributed by atoms with van der Waals surface area (Å²) in [6.45, 7) is 5.00. The van der Waals surface area contributed by atoms with E-state index in [1.165, 1.54) is 4.90 Å². The van der Waals surface area contributed by atoms with Crippen LogP contribution in [0.1, 0.15) is 67.2 Å². The van der Waals surface area contributed by atoms with E-state index in [2.05, 4.69) is 31.2 Å². The summed E-state index contributed by atoms with van der Waals surface area (Å²) < 4.78 is 2.04. The highest BCUT2D eigenvalue weighted by Gasteiger charge is 2.32. The molecule has 1 aliphatic heterocycles. The number of rotatable bonds is 4. The van der Waals surface area contributed by atoms with E-state index in [0.717, 1.165) is 52.6 Å². The lowest BCUT2D eigenvalue weighted by Gasteiger charge is -2.32. The van der Waals surface area contributed by atoms with Gasteiger partial charge in [-0.15, -0.1) is 0 Å². The maximum Gasteiger partial charge on any atom is 0.251 e. The molecule has 0 unspecified atom stereocenters. The molecule has 13 heteroatoms. The second-order valence-corrected chi connectivity index (χ2v) is 13.3. The van der Waals surface area contributed by atoms with E-state index < -0.39 is 23.9 Å². The van der Waals surface area contributed by atoms with Crippen LogP contribution in [0.2, 0.25) is 0 Å². The van der Waals surface area contributed by atoms with E-state index in [9.17, 15) is 24.0 Å². The Kier molecular flexibility index (Phi) is 10.8. The van der Waals surface area contributed by atoms with Crippen LogP contribution in [0.25, 0.3) is 21.9 Å². The number of hydrogen-bond donors (Lipinski definition) is 5. The fraction of sp³-hybridized carbons (Fsp3) is 0.459. The van der Waals surface area contributed by atoms with Crippen molar-refractivity contribution >= 4 is 51.5 Å². The number of para-hydroxylation sites is 1. The number of benzene rings is 2. The molecule has 50 heavy (non-hydrogen) atoms. The summed E-state index contributed by atoms with van der Waals surface area (Å²) in [5.41, 5.74) is 3.90. The predicted octanol–water partition coefficient (Wildman–Crippen LogP) is 2.72. The van der Waals surface area contributed by atoms with Crippen molar-refractivity contribution in [2.45, 2.75) is 77.4 Å². The van der Waals surface area contributed by atoms with Gasteiger partial charge in [0, 0.05) is 61.2 Å². The van der Waals surface area contributed by atoms with Gasteiger partial charge in [0.1, 0.15) is 17.9 Å². The standard InChI is InChI=1S/C37H46N8O5/c1-3-28-36(49)43-31(19-26-21-40-29-12-5-4-11-27(26)29)35(48)39-16-8-18-45-23(2)41-30-14-13-25(20-32(30)45)34(47)38-15-7-17-44(22-33(46)42-28)37(50)24-9-6-10-24/h4-5,11-14,20-21,24,28,31,40H,3,6-10,15-19,22H2,1-2H3,(H,38,47)(H,39,48)(H,42,46)(H,43,49)/t28-,31+/m0/s1. The molecule has 6 rings (SSSR count). The van der Waals surface area contributed by atoms with Crippen LogP contribution in [0, 0.1) is 12.8 Å². The summed E-state index contributed by atoms with van der Waals surface area (Å²) in [4.78, 5) is 76.5. The molecular formula is C37H46N8O5. The number of nitrogens with zero attached hydrogens (tertiary/aromatic N) is 3. The monoisotopic (exact) mass is 682 g/mol. The topological polar surface area (TPSA) is 170 Å². The first-order valence-corrected chi connectivity index (χ1v) is 17.7. The number of fused-ring (bicyclic) bond motifs is 2. The van der Waals surface area contributed by atoms with Crippen molar-refractivity contribution in [1.29, 1.82) is 0 Å². The van der Waals surface area contributed by atoms with Crippen LogP contribution >= 0.6 is 0 Å². The van der Waals surface area contributed by atoms with Gasteiger partial charge in [-0.05, 0) is 68.9 Å². The lowest BCUT2D eigenvalue weighted by Crippen LogP contribution is -2.55. The van der Waals surface area contributed by atoms with E-state index in [0.29, 0.717) is 44.5 Å². The average Bonchev–Trinajstić information content (AvgIpc) is 3.64. The molecule has 1 saturated carbocycles. The first-order chi connectivity index (χ1) is 24.2. The Bertz CT molecular complexity index is 1890. The van der Waals surface area contributed by atoms with Crippen molar-refractivity contribution in [3.63, 3.8) is 0 Å². The van der Waals surface area contributed by atoms with Crippen molar-refractivity contribution in [2.24, 2.45) is 5.92 Å². The summed E-state index contributed by atoms with van der Waals surface area (Å²) >= 11 is 0. The van der Waals surface area contributed by atoms with Gasteiger partial charge in [-0.25, -0.2) is 4.98 Å². The van der Waals surface area contributed by atoms with Gasteiger partial charge in [-0.2, -0.15) is 0 Å². The highest BCUT2D eigenvalue weighted by Crippen LogP contribution is 2.28. The summed E-state index contributed by atoms with van der Waals surface area (Å²) in [5.74, 6) is -0.914. The molecule has 0 saturated heterocycles. The number of aromatic amines is 1. The van der Waals surface area contributed by atoms with E-state index in [1.54, 1.807) is 13.0 Å². The van der Waals surface area contributed by atoms with Gasteiger partial charge in [-0.3, -0.25) is 24.0 Å². The second kappa shape index (κ2) is 15.6. The molecule has 2 bridgehead atoms. The fourth-order valence-electron chi connectivity index (χ4n) is 6.76. The number of carbonyl (C=O) groups is 5. The molecule has 264 valence electrons. The third kappa shape index (κ3) is 7.82. The first kappa shape index (κ1) is 34.7. The van der Waals surface area contributed by atoms with Gasteiger partial charge >= 0.3 is 0 Å². The molecule has 4 aromatic rings. The zero-order chi connectivity index (χ0) is 35.2. The number of aromatic nitrogens is 3. The van der Waals surface area contributed by atoms with E-state index in [-0.39, 0.29) is 43.1 Å². The number of amides is 5. The summed E-state index contributed by atoms with van der Waals surface area (Å²) in [7, 11) is 0. The molecule has 2 atom stereocenters. The fourth-order valence-corrected chi connectivity index (χ4v) is 6.76. The molecule has 2 aromatic heterocycles. The molecule has 13 nitrogen and oxygen atoms in total. The number of carbonyl (C=O) groups excluding carboxylic acids is 5. The summed E-state index contributed by atoms with van der Waals surface area (Å²) in [6, 6.07) is 11.4. The normalized spacial score (nSPS) is 20.7. The minimum atomic E-state index is -0.904. The number of nitrogens with one attached hydrogen (secondary N) is 5. The lowest BCUT2D eigenvalue weighted by molar-refractivity contribution is -0.142. The van der Waals surface area contributed by atoms with Crippen molar-refractivity contribution in [3.8, 4) is 0 Å². The molecule has 1 fully saturated rings. The van der Waals surface area contributed by atoms with Crippen molar-refractivity contribution < 1.29 is 24.0 Å². The van der Waals surface area contributed by atoms with Crippen LogP contribution in [0.5, 0.6) is 0 Å². The molecule has 5 N–H and O–H groups in total. The maximum atomic E-state index is 13.7. The number of aryl methyl sites for hydroxylation is 2. The van der Waals surface area contributed by atoms with E-state index in [1.807, 2.05) is 54.1 Å². The molecule has 2 aromatic carbocycles. The Morgan fingerprint density at radius 3 is 2.46 bits per heavy atom. The molecule has 0 radical (unpaired) electrons. The Morgan fingerprint density at radius 1 is 0.900 bits per heavy atom. The van der Waals surface area contributed by atoms with Crippen molar-refractivity contribution in [3.05, 3.63) is 65.6 Å². The van der Waals surface area contributed by atoms with Crippen LogP contribution in [-0.2, 0) is 32.1 Å². The van der Waals surface area contributed by atoms with Gasteiger partial charge in [0.15, 0.2) is 0 Å². The highest BCUT2D eigenvalue weighted by atomic mass is 16.2. The maximum absolute atomic E-state index is 13.7. The van der Waals surface area contributed by atoms with Crippen LogP contribution < -0.4 is 21.3 Å². The Labute approximate surface area is 290 Å². The highest BCUT2D eigenvalue weighted by molar-refractivity contribution is 5.97. The SMILES string of the molecule is CC[C@@H]1NC(=O)CN(C(=O)C2CCC2)CCCNC(=O)c2ccc3nc(C)n(c3c2)CCCNC(=O)[C@@H](Cc2c[nH]c3ccccc23)NC1=O. The summed E-state index contributed by atoms with van der Waals surface area (Å²) in [6.07, 6.45) is 5.97. The smallest absolute Gasteiger partial charge is 0.251 e. The molecule has 1 aliphatic carbocycles. The Balaban J connectivity index is 1.26. The van der Waals surface area contributed by atoms with E-state index in [4.69, 9.17) is 0 Å². The second-order valence-electron chi connectivity index (χ2n) is 13.3. The largest absolute Gasteiger partial charge is 0.361 e. The third-order valence-corrected chi connectivity index (χ3v) is 9.84. The van der Waals surface area contributed by atoms with Crippen LogP contribution in [0.15, 0.2) is 48.7 Å². The Morgan fingerprint density at radius 2 is 1.68 bits per heavy atom. The molecule has 3 heterocycles. The number of hydrogen-bond acceptors (Lipinski definition) is 6. The lowest BCUT2D eigenvalue weighted by atomic mass is 9.84.